The van der Waals surface area contributed by atoms with Gasteiger partial charge >= 0.3 is 11.8 Å². The Morgan fingerprint density at radius 2 is 1.90 bits per heavy atom. The van der Waals surface area contributed by atoms with Crippen molar-refractivity contribution in [3.63, 3.8) is 0 Å². The number of hydrogen-bond donors (Lipinski definition) is 3. The van der Waals surface area contributed by atoms with Gasteiger partial charge in [0.1, 0.15) is 11.5 Å². The van der Waals surface area contributed by atoms with Crippen molar-refractivity contribution in [2.75, 3.05) is 26.8 Å². The molecule has 7 heteroatoms. The van der Waals surface area contributed by atoms with Crippen LogP contribution in [0.25, 0.3) is 0 Å². The largest absolute Gasteiger partial charge is 0.466 e. The van der Waals surface area contributed by atoms with Crippen molar-refractivity contribution in [2.24, 2.45) is 0 Å². The first-order valence-corrected chi connectivity index (χ1v) is 6.75. The maximum atomic E-state index is 11.5. The van der Waals surface area contributed by atoms with Crippen LogP contribution >= 0.6 is 0 Å². The zero-order valence-corrected chi connectivity index (χ0v) is 12.6. The molecule has 2 amide bonds. The Morgan fingerprint density at radius 1 is 1.29 bits per heavy atom. The van der Waals surface area contributed by atoms with Crippen LogP contribution < -0.4 is 10.6 Å². The molecule has 0 radical (unpaired) electrons. The summed E-state index contributed by atoms with van der Waals surface area (Å²) in [4.78, 5) is 22.8. The predicted octanol–water partition coefficient (Wildman–Crippen LogP) is 0.199. The molecule has 1 aromatic rings. The fourth-order valence-electron chi connectivity index (χ4n) is 1.89. The Labute approximate surface area is 123 Å². The van der Waals surface area contributed by atoms with Gasteiger partial charge in [-0.25, -0.2) is 0 Å². The van der Waals surface area contributed by atoms with Crippen molar-refractivity contribution in [1.82, 2.24) is 10.6 Å². The van der Waals surface area contributed by atoms with Gasteiger partial charge in [-0.3, -0.25) is 9.59 Å². The van der Waals surface area contributed by atoms with Gasteiger partial charge in [-0.05, 0) is 26.3 Å². The molecule has 0 aliphatic carbocycles. The van der Waals surface area contributed by atoms with Crippen LogP contribution in [-0.2, 0) is 14.3 Å². The fraction of sp³-hybridized carbons (Fsp3) is 0.571. The number of rotatable bonds is 7. The van der Waals surface area contributed by atoms with E-state index in [4.69, 9.17) is 9.15 Å². The van der Waals surface area contributed by atoms with E-state index in [1.165, 1.54) is 7.11 Å². The maximum Gasteiger partial charge on any atom is 0.309 e. The highest BCUT2D eigenvalue weighted by Gasteiger charge is 2.16. The molecule has 1 aromatic heterocycles. The third kappa shape index (κ3) is 5.57. The number of amides is 2. The molecule has 0 aromatic carbocycles. The summed E-state index contributed by atoms with van der Waals surface area (Å²) in [6.07, 6.45) is -0.434. The molecule has 0 aliphatic rings. The third-order valence-electron chi connectivity index (χ3n) is 2.94. The van der Waals surface area contributed by atoms with Crippen molar-refractivity contribution >= 4 is 11.8 Å². The number of nitrogens with one attached hydrogen (secondary N) is 2. The second-order valence-electron chi connectivity index (χ2n) is 4.68. The van der Waals surface area contributed by atoms with E-state index in [9.17, 15) is 14.7 Å². The summed E-state index contributed by atoms with van der Waals surface area (Å²) in [6.45, 7) is 4.39. The molecule has 0 fully saturated rings. The van der Waals surface area contributed by atoms with Crippen LogP contribution in [0, 0.1) is 13.8 Å². The number of carbonyl (C=O) groups is 2. The lowest BCUT2D eigenvalue weighted by Gasteiger charge is -2.10. The first-order chi connectivity index (χ1) is 9.95. The van der Waals surface area contributed by atoms with Crippen LogP contribution in [0.4, 0.5) is 0 Å². The Bertz CT molecular complexity index is 484. The van der Waals surface area contributed by atoms with E-state index in [-0.39, 0.29) is 13.1 Å². The van der Waals surface area contributed by atoms with Crippen LogP contribution in [0.1, 0.15) is 29.6 Å². The van der Waals surface area contributed by atoms with Crippen LogP contribution in [-0.4, -0.2) is 43.7 Å². The zero-order valence-electron chi connectivity index (χ0n) is 12.6. The number of methoxy groups -OCH3 is 1. The molecule has 1 atom stereocenters. The summed E-state index contributed by atoms with van der Waals surface area (Å²) in [5.41, 5.74) is 0.700. The second-order valence-corrected chi connectivity index (χ2v) is 4.68. The summed E-state index contributed by atoms with van der Waals surface area (Å²) in [7, 11) is 1.51. The van der Waals surface area contributed by atoms with Gasteiger partial charge in [0, 0.05) is 25.8 Å². The molecule has 7 nitrogen and oxygen atoms in total. The van der Waals surface area contributed by atoms with Gasteiger partial charge in [-0.2, -0.15) is 0 Å². The maximum absolute atomic E-state index is 11.5. The van der Waals surface area contributed by atoms with Gasteiger partial charge in [0.2, 0.25) is 0 Å². The van der Waals surface area contributed by atoms with Crippen molar-refractivity contribution in [1.29, 1.82) is 0 Å². The topological polar surface area (TPSA) is 101 Å². The van der Waals surface area contributed by atoms with Gasteiger partial charge in [-0.1, -0.05) is 0 Å². The van der Waals surface area contributed by atoms with Gasteiger partial charge in [0.25, 0.3) is 0 Å². The fourth-order valence-corrected chi connectivity index (χ4v) is 1.89. The Morgan fingerprint density at radius 3 is 2.43 bits per heavy atom. The normalized spacial score (nSPS) is 12.0. The van der Waals surface area contributed by atoms with Crippen LogP contribution in [0.2, 0.25) is 0 Å². The minimum atomic E-state index is -0.737. The molecule has 0 saturated carbocycles. The molecule has 118 valence electrons. The first kappa shape index (κ1) is 17.2. The smallest absolute Gasteiger partial charge is 0.309 e. The van der Waals surface area contributed by atoms with E-state index in [0.29, 0.717) is 24.4 Å². The molecule has 3 N–H and O–H groups in total. The Kier molecular flexibility index (Phi) is 6.90. The summed E-state index contributed by atoms with van der Waals surface area (Å²) in [6, 6.07) is 1.76. The molecular weight excluding hydrogens is 276 g/mol. The second kappa shape index (κ2) is 8.43. The van der Waals surface area contributed by atoms with Crippen molar-refractivity contribution < 1.29 is 23.8 Å². The molecule has 0 spiro atoms. The number of carbonyl (C=O) groups excluding carboxylic acids is 2. The summed E-state index contributed by atoms with van der Waals surface area (Å²) in [5, 5.41) is 14.9. The lowest BCUT2D eigenvalue weighted by molar-refractivity contribution is -0.139. The average Bonchev–Trinajstić information content (AvgIpc) is 2.77. The van der Waals surface area contributed by atoms with Gasteiger partial charge in [0.05, 0.1) is 12.7 Å². The monoisotopic (exact) mass is 298 g/mol. The highest BCUT2D eigenvalue weighted by atomic mass is 16.5. The van der Waals surface area contributed by atoms with Crippen molar-refractivity contribution in [3.8, 4) is 0 Å². The molecule has 0 aliphatic heterocycles. The van der Waals surface area contributed by atoms with E-state index in [1.54, 1.807) is 19.9 Å². The number of aryl methyl sites for hydroxylation is 2. The number of furan rings is 1. The molecular formula is C14H22N2O5. The van der Waals surface area contributed by atoms with Crippen molar-refractivity contribution in [2.45, 2.75) is 26.4 Å². The molecule has 21 heavy (non-hydrogen) atoms. The third-order valence-corrected chi connectivity index (χ3v) is 2.94. The van der Waals surface area contributed by atoms with E-state index in [2.05, 4.69) is 10.6 Å². The zero-order chi connectivity index (χ0) is 15.8. The number of aliphatic hydroxyl groups is 1. The number of hydrogen-bond acceptors (Lipinski definition) is 5. The minimum Gasteiger partial charge on any atom is -0.466 e. The Hall–Kier alpha value is -1.86. The number of ether oxygens (including phenoxy) is 1. The SMILES string of the molecule is COCCNC(=O)C(=O)NCCC(O)c1cc(C)oc1C. The molecule has 1 heterocycles. The highest BCUT2D eigenvalue weighted by molar-refractivity contribution is 6.35. The standard InChI is InChI=1S/C14H22N2O5/c1-9-8-11(10(2)21-9)12(17)4-5-15-13(18)14(19)16-6-7-20-3/h8,12,17H,4-7H2,1-3H3,(H,15,18)(H,16,19). The Balaban J connectivity index is 2.31. The summed E-state index contributed by atoms with van der Waals surface area (Å²) >= 11 is 0. The molecule has 0 bridgehead atoms. The lowest BCUT2D eigenvalue weighted by atomic mass is 10.1. The average molecular weight is 298 g/mol. The van der Waals surface area contributed by atoms with Gasteiger partial charge < -0.3 is 24.9 Å². The molecule has 0 saturated heterocycles. The minimum absolute atomic E-state index is 0.196. The van der Waals surface area contributed by atoms with Crippen LogP contribution in [0.15, 0.2) is 10.5 Å². The first-order valence-electron chi connectivity index (χ1n) is 6.75. The van der Waals surface area contributed by atoms with Gasteiger partial charge in [-0.15, -0.1) is 0 Å². The molecule has 1 rings (SSSR count). The van der Waals surface area contributed by atoms with Crippen LogP contribution in [0.5, 0.6) is 0 Å². The summed E-state index contributed by atoms with van der Waals surface area (Å²) < 4.78 is 10.1. The summed E-state index contributed by atoms with van der Waals surface area (Å²) in [5.74, 6) is -0.0537. The number of aliphatic hydroxyl groups excluding tert-OH is 1. The van der Waals surface area contributed by atoms with Gasteiger partial charge in [0.15, 0.2) is 0 Å². The van der Waals surface area contributed by atoms with Crippen molar-refractivity contribution in [3.05, 3.63) is 23.2 Å². The van der Waals surface area contributed by atoms with E-state index in [0.717, 1.165) is 5.76 Å². The van der Waals surface area contributed by atoms with E-state index in [1.807, 2.05) is 0 Å². The molecule has 1 unspecified atom stereocenters. The van der Waals surface area contributed by atoms with E-state index >= 15 is 0 Å². The lowest BCUT2D eigenvalue weighted by Crippen LogP contribution is -2.41. The quantitative estimate of drug-likeness (QED) is 0.493. The van der Waals surface area contributed by atoms with E-state index < -0.39 is 17.9 Å². The predicted molar refractivity (Wildman–Crippen MR) is 75.7 cm³/mol. The highest BCUT2D eigenvalue weighted by Crippen LogP contribution is 2.23. The van der Waals surface area contributed by atoms with Crippen LogP contribution in [0.3, 0.4) is 0 Å².